The van der Waals surface area contributed by atoms with E-state index in [0.717, 1.165) is 30.2 Å². The first-order chi connectivity index (χ1) is 13.1. The van der Waals surface area contributed by atoms with Gasteiger partial charge in [-0.1, -0.05) is 12.1 Å². The van der Waals surface area contributed by atoms with Crippen LogP contribution in [0.25, 0.3) is 10.2 Å². The molecule has 2 heterocycles. The van der Waals surface area contributed by atoms with Gasteiger partial charge >= 0.3 is 0 Å². The third kappa shape index (κ3) is 3.81. The monoisotopic (exact) mass is 382 g/mol. The zero-order valence-corrected chi connectivity index (χ0v) is 15.4. The second-order valence-electron chi connectivity index (χ2n) is 6.45. The Labute approximate surface area is 160 Å². The van der Waals surface area contributed by atoms with E-state index in [1.165, 1.54) is 29.0 Å². The number of para-hydroxylation sites is 1. The molecule has 0 saturated carbocycles. The molecule has 0 spiro atoms. The highest BCUT2D eigenvalue weighted by molar-refractivity contribution is 7.18. The van der Waals surface area contributed by atoms with Crippen LogP contribution in [0, 0.1) is 10.1 Å². The number of nitro groups is 1. The fourth-order valence-corrected chi connectivity index (χ4v) is 4.21. The van der Waals surface area contributed by atoms with Gasteiger partial charge in [0.15, 0.2) is 0 Å². The van der Waals surface area contributed by atoms with E-state index in [2.05, 4.69) is 16.0 Å². The first kappa shape index (κ1) is 17.6. The molecule has 0 bridgehead atoms. The van der Waals surface area contributed by atoms with Crippen molar-refractivity contribution < 1.29 is 9.72 Å². The summed E-state index contributed by atoms with van der Waals surface area (Å²) in [6, 6.07) is 13.9. The van der Waals surface area contributed by atoms with Gasteiger partial charge in [-0.2, -0.15) is 0 Å². The highest BCUT2D eigenvalue weighted by Gasteiger charge is 2.23. The van der Waals surface area contributed by atoms with Gasteiger partial charge in [0.2, 0.25) is 0 Å². The number of amides is 1. The molecule has 1 fully saturated rings. The van der Waals surface area contributed by atoms with E-state index in [9.17, 15) is 14.9 Å². The van der Waals surface area contributed by atoms with Crippen LogP contribution >= 0.6 is 11.3 Å². The molecule has 1 aliphatic heterocycles. The van der Waals surface area contributed by atoms with Crippen molar-refractivity contribution in [3.8, 4) is 0 Å². The summed E-state index contributed by atoms with van der Waals surface area (Å²) < 4.78 is 1.19. The Morgan fingerprint density at radius 1 is 1.07 bits per heavy atom. The number of fused-ring (bicyclic) bond motifs is 1. The molecule has 1 saturated heterocycles. The summed E-state index contributed by atoms with van der Waals surface area (Å²) in [6.07, 6.45) is 0. The predicted molar refractivity (Wildman–Crippen MR) is 104 cm³/mol. The molecular weight excluding hydrogens is 364 g/mol. The van der Waals surface area contributed by atoms with Crippen molar-refractivity contribution in [2.24, 2.45) is 0 Å². The predicted octanol–water partition coefficient (Wildman–Crippen LogP) is 3.16. The van der Waals surface area contributed by atoms with Crippen molar-refractivity contribution in [1.29, 1.82) is 0 Å². The van der Waals surface area contributed by atoms with Gasteiger partial charge in [0.25, 0.3) is 11.6 Å². The maximum absolute atomic E-state index is 12.6. The summed E-state index contributed by atoms with van der Waals surface area (Å²) >= 11 is 1.71. The average molecular weight is 382 g/mol. The number of hydrogen-bond acceptors (Lipinski definition) is 6. The Bertz CT molecular complexity index is 945. The van der Waals surface area contributed by atoms with E-state index in [4.69, 9.17) is 0 Å². The van der Waals surface area contributed by atoms with Gasteiger partial charge in [-0.25, -0.2) is 4.98 Å². The van der Waals surface area contributed by atoms with Gasteiger partial charge in [0.1, 0.15) is 5.01 Å². The summed E-state index contributed by atoms with van der Waals surface area (Å²) in [4.78, 5) is 31.6. The standard InChI is InChI=1S/C19H18N4O3S/c24-19(14-5-7-15(8-6-14)23(25)26)22-11-9-21(10-12-22)13-18-20-16-3-1-2-4-17(16)27-18/h1-8H,9-13H2. The SMILES string of the molecule is O=C(c1ccc([N+](=O)[O-])cc1)N1CCN(Cc2nc3ccccc3s2)CC1. The number of thiazole rings is 1. The number of hydrogen-bond donors (Lipinski definition) is 0. The second-order valence-corrected chi connectivity index (χ2v) is 7.56. The molecule has 0 unspecified atom stereocenters. The Balaban J connectivity index is 1.35. The summed E-state index contributed by atoms with van der Waals surface area (Å²) in [5.74, 6) is -0.0791. The maximum Gasteiger partial charge on any atom is 0.269 e. The highest BCUT2D eigenvalue weighted by Crippen LogP contribution is 2.23. The smallest absolute Gasteiger partial charge is 0.269 e. The lowest BCUT2D eigenvalue weighted by molar-refractivity contribution is -0.384. The minimum Gasteiger partial charge on any atom is -0.336 e. The van der Waals surface area contributed by atoms with Gasteiger partial charge in [0.05, 0.1) is 21.7 Å². The first-order valence-electron chi connectivity index (χ1n) is 8.71. The molecule has 0 atom stereocenters. The summed E-state index contributed by atoms with van der Waals surface area (Å²) in [5.41, 5.74) is 1.51. The molecule has 1 amide bonds. The van der Waals surface area contributed by atoms with Gasteiger partial charge in [-0.05, 0) is 24.3 Å². The topological polar surface area (TPSA) is 79.6 Å². The average Bonchev–Trinajstić information content (AvgIpc) is 3.10. The molecule has 1 aliphatic rings. The molecule has 27 heavy (non-hydrogen) atoms. The van der Waals surface area contributed by atoms with Crippen LogP contribution in [0.3, 0.4) is 0 Å². The molecule has 8 heteroatoms. The number of aromatic nitrogens is 1. The number of benzene rings is 2. The van der Waals surface area contributed by atoms with E-state index >= 15 is 0 Å². The summed E-state index contributed by atoms with van der Waals surface area (Å²) in [6.45, 7) is 3.64. The number of non-ortho nitro benzene ring substituents is 1. The van der Waals surface area contributed by atoms with Crippen molar-refractivity contribution in [2.45, 2.75) is 6.54 Å². The number of nitrogens with zero attached hydrogens (tertiary/aromatic N) is 4. The molecular formula is C19H18N4O3S. The van der Waals surface area contributed by atoms with E-state index in [1.807, 2.05) is 18.2 Å². The number of piperazine rings is 1. The van der Waals surface area contributed by atoms with Crippen LogP contribution in [-0.4, -0.2) is 51.8 Å². The lowest BCUT2D eigenvalue weighted by Crippen LogP contribution is -2.48. The third-order valence-electron chi connectivity index (χ3n) is 4.68. The van der Waals surface area contributed by atoms with Gasteiger partial charge in [0, 0.05) is 43.9 Å². The maximum atomic E-state index is 12.6. The second kappa shape index (κ2) is 7.42. The van der Waals surface area contributed by atoms with Crippen LogP contribution in [0.15, 0.2) is 48.5 Å². The molecule has 2 aromatic carbocycles. The van der Waals surface area contributed by atoms with Crippen molar-refractivity contribution >= 4 is 33.1 Å². The Kier molecular flexibility index (Phi) is 4.83. The Morgan fingerprint density at radius 3 is 2.44 bits per heavy atom. The molecule has 0 radical (unpaired) electrons. The fraction of sp³-hybridized carbons (Fsp3) is 0.263. The van der Waals surface area contributed by atoms with Crippen LogP contribution in [0.1, 0.15) is 15.4 Å². The number of nitro benzene ring substituents is 1. The molecule has 0 aliphatic carbocycles. The molecule has 4 rings (SSSR count). The number of carbonyl (C=O) groups is 1. The number of carbonyl (C=O) groups excluding carboxylic acids is 1. The first-order valence-corrected chi connectivity index (χ1v) is 9.52. The van der Waals surface area contributed by atoms with E-state index in [1.54, 1.807) is 16.2 Å². The van der Waals surface area contributed by atoms with Crippen molar-refractivity contribution in [3.05, 3.63) is 69.2 Å². The summed E-state index contributed by atoms with van der Waals surface area (Å²) in [5, 5.41) is 11.8. The molecule has 3 aromatic rings. The zero-order chi connectivity index (χ0) is 18.8. The highest BCUT2D eigenvalue weighted by atomic mass is 32.1. The molecule has 138 valence electrons. The molecule has 1 aromatic heterocycles. The third-order valence-corrected chi connectivity index (χ3v) is 5.70. The van der Waals surface area contributed by atoms with E-state index in [-0.39, 0.29) is 11.6 Å². The lowest BCUT2D eigenvalue weighted by atomic mass is 10.1. The Hall–Kier alpha value is -2.84. The van der Waals surface area contributed by atoms with Crippen LogP contribution in [0.4, 0.5) is 5.69 Å². The normalized spacial score (nSPS) is 15.2. The fourth-order valence-electron chi connectivity index (χ4n) is 3.20. The Morgan fingerprint density at radius 2 is 1.78 bits per heavy atom. The van der Waals surface area contributed by atoms with Crippen LogP contribution < -0.4 is 0 Å². The minimum absolute atomic E-state index is 0.00722. The minimum atomic E-state index is -0.463. The van der Waals surface area contributed by atoms with E-state index in [0.29, 0.717) is 18.7 Å². The summed E-state index contributed by atoms with van der Waals surface area (Å²) in [7, 11) is 0. The molecule has 0 N–H and O–H groups in total. The van der Waals surface area contributed by atoms with Crippen molar-refractivity contribution in [3.63, 3.8) is 0 Å². The van der Waals surface area contributed by atoms with Gasteiger partial charge in [-0.15, -0.1) is 11.3 Å². The quantitative estimate of drug-likeness (QED) is 0.511. The molecule has 7 nitrogen and oxygen atoms in total. The van der Waals surface area contributed by atoms with E-state index < -0.39 is 4.92 Å². The zero-order valence-electron chi connectivity index (χ0n) is 14.6. The number of rotatable bonds is 4. The van der Waals surface area contributed by atoms with Crippen molar-refractivity contribution in [1.82, 2.24) is 14.8 Å². The van der Waals surface area contributed by atoms with Crippen LogP contribution in [-0.2, 0) is 6.54 Å². The van der Waals surface area contributed by atoms with Crippen LogP contribution in [0.2, 0.25) is 0 Å². The van der Waals surface area contributed by atoms with Crippen molar-refractivity contribution in [2.75, 3.05) is 26.2 Å². The lowest BCUT2D eigenvalue weighted by Gasteiger charge is -2.34. The van der Waals surface area contributed by atoms with Crippen LogP contribution in [0.5, 0.6) is 0 Å². The van der Waals surface area contributed by atoms with Gasteiger partial charge in [-0.3, -0.25) is 19.8 Å². The largest absolute Gasteiger partial charge is 0.336 e. The van der Waals surface area contributed by atoms with Gasteiger partial charge < -0.3 is 4.90 Å².